The van der Waals surface area contributed by atoms with E-state index in [1.165, 1.54) is 4.70 Å². The van der Waals surface area contributed by atoms with E-state index in [2.05, 4.69) is 94.1 Å². The average Bonchev–Trinajstić information content (AvgIpc) is 3.89. The maximum absolute atomic E-state index is 5.30. The van der Waals surface area contributed by atoms with Crippen LogP contribution in [0.4, 0.5) is 0 Å². The zero-order valence-electron chi connectivity index (χ0n) is 34.3. The smallest absolute Gasteiger partial charge is 0.231 e. The molecule has 0 spiro atoms. The first-order valence-corrected chi connectivity index (χ1v) is 19.6. The highest BCUT2D eigenvalue weighted by atomic mass is 32.1. The van der Waals surface area contributed by atoms with Crippen molar-refractivity contribution in [2.24, 2.45) is 23.7 Å². The average molecular weight is 744 g/mol. The Labute approximate surface area is 324 Å². The van der Waals surface area contributed by atoms with E-state index in [9.17, 15) is 0 Å². The molecule has 6 aromatic rings. The summed E-state index contributed by atoms with van der Waals surface area (Å²) in [6, 6.07) is 33.4. The third-order valence-electron chi connectivity index (χ3n) is 5.32. The molecule has 0 fully saturated rings. The lowest BCUT2D eigenvalue weighted by molar-refractivity contribution is 0.171. The Morgan fingerprint density at radius 3 is 1.32 bits per heavy atom. The number of benzene rings is 4. The van der Waals surface area contributed by atoms with Crippen LogP contribution in [0.1, 0.15) is 83.1 Å². The molecule has 0 saturated heterocycles. The molecule has 8 rings (SSSR count). The fraction of sp³-hybridized carbons (Fsp3) is 0.413. The maximum Gasteiger partial charge on any atom is 0.231 e. The van der Waals surface area contributed by atoms with Crippen molar-refractivity contribution in [3.05, 3.63) is 115 Å². The summed E-state index contributed by atoms with van der Waals surface area (Å²) in [4.78, 5) is 4.14. The lowest BCUT2D eigenvalue weighted by Crippen LogP contribution is -2.14. The molecule has 7 heteroatoms. The van der Waals surface area contributed by atoms with Crippen LogP contribution >= 0.6 is 11.3 Å². The van der Waals surface area contributed by atoms with Crippen LogP contribution in [-0.2, 0) is 0 Å². The van der Waals surface area contributed by atoms with Crippen LogP contribution in [0, 0.1) is 23.7 Å². The summed E-state index contributed by atoms with van der Waals surface area (Å²) in [7, 11) is 0. The zero-order valence-corrected chi connectivity index (χ0v) is 35.1. The van der Waals surface area contributed by atoms with Gasteiger partial charge in [-0.1, -0.05) is 138 Å². The highest BCUT2D eigenvalue weighted by molar-refractivity contribution is 7.16. The summed E-state index contributed by atoms with van der Waals surface area (Å²) >= 11 is 1.68. The fourth-order valence-electron chi connectivity index (χ4n) is 3.55. The number of furan rings is 1. The van der Waals surface area contributed by atoms with Crippen molar-refractivity contribution < 1.29 is 23.4 Å². The van der Waals surface area contributed by atoms with Gasteiger partial charge in [0.25, 0.3) is 0 Å². The maximum atomic E-state index is 5.30. The van der Waals surface area contributed by atoms with Gasteiger partial charge in [-0.25, -0.2) is 4.98 Å². The molecule has 4 aromatic carbocycles. The number of para-hydroxylation sites is 6. The second-order valence-corrected chi connectivity index (χ2v) is 15.6. The predicted molar refractivity (Wildman–Crippen MR) is 228 cm³/mol. The molecule has 2 aliphatic rings. The molecule has 0 aliphatic carbocycles. The van der Waals surface area contributed by atoms with Crippen molar-refractivity contribution in [3.63, 3.8) is 0 Å². The minimum atomic E-state index is 0.360. The summed E-state index contributed by atoms with van der Waals surface area (Å²) in [6.07, 6.45) is 1.70. The van der Waals surface area contributed by atoms with Gasteiger partial charge in [0.05, 0.1) is 22.0 Å². The predicted octanol–water partition coefficient (Wildman–Crippen LogP) is 14.3. The van der Waals surface area contributed by atoms with E-state index in [1.54, 1.807) is 17.6 Å². The summed E-state index contributed by atoms with van der Waals surface area (Å²) in [5, 5.41) is 1.16. The molecule has 6 nitrogen and oxygen atoms in total. The molecule has 0 radical (unpaired) electrons. The zero-order chi connectivity index (χ0) is 39.4. The van der Waals surface area contributed by atoms with Crippen molar-refractivity contribution in [3.8, 4) is 23.0 Å². The first kappa shape index (κ1) is 46.5. The summed E-state index contributed by atoms with van der Waals surface area (Å²) in [6.45, 7) is 27.7. The van der Waals surface area contributed by atoms with Gasteiger partial charge >= 0.3 is 0 Å². The van der Waals surface area contributed by atoms with E-state index in [1.807, 2.05) is 103 Å². The number of hydrogen-bond acceptors (Lipinski definition) is 7. The molecule has 290 valence electrons. The molecule has 2 aliphatic heterocycles. The van der Waals surface area contributed by atoms with E-state index in [4.69, 9.17) is 23.4 Å². The molecule has 0 N–H and O–H groups in total. The van der Waals surface area contributed by atoms with E-state index < -0.39 is 0 Å². The molecule has 0 atom stereocenters. The Bertz CT molecular complexity index is 1530. The summed E-state index contributed by atoms with van der Waals surface area (Å²) in [5.41, 5.74) is 3.92. The minimum absolute atomic E-state index is 0.360. The first-order valence-electron chi connectivity index (χ1n) is 18.7. The van der Waals surface area contributed by atoms with E-state index in [-0.39, 0.29) is 0 Å². The third-order valence-corrected chi connectivity index (χ3v) is 6.13. The molecule has 4 heterocycles. The van der Waals surface area contributed by atoms with Crippen LogP contribution in [0.25, 0.3) is 21.2 Å². The van der Waals surface area contributed by atoms with Gasteiger partial charge in [-0.15, -0.1) is 11.3 Å². The topological polar surface area (TPSA) is 63.0 Å². The van der Waals surface area contributed by atoms with Gasteiger partial charge < -0.3 is 23.4 Å². The standard InChI is InChI=1S/C8H8O2.C8H6O.C7H5NS.C7H6O2.4C4H10/c1-2-4-8-7(3-1)9-5-6-10-8;1-2-4-8-7(3-1)5-6-9-8;2*1-2-4-7-6(3-1)8-5-9-7;4*1-4(2)3/h1-4H,5-6H2;1-6H;1-5H;1-4H,5H2;4*4H,1-3H3. The highest BCUT2D eigenvalue weighted by Crippen LogP contribution is 2.30. The Balaban J connectivity index is 0.000000313. The van der Waals surface area contributed by atoms with Gasteiger partial charge in [-0.3, -0.25) is 0 Å². The minimum Gasteiger partial charge on any atom is -0.486 e. The monoisotopic (exact) mass is 743 g/mol. The van der Waals surface area contributed by atoms with Gasteiger partial charge in [0.2, 0.25) is 6.79 Å². The number of nitrogens with zero attached hydrogens (tertiary/aromatic N) is 1. The van der Waals surface area contributed by atoms with Gasteiger partial charge in [-0.05, 0) is 72.2 Å². The summed E-state index contributed by atoms with van der Waals surface area (Å²) < 4.78 is 27.1. The molecule has 53 heavy (non-hydrogen) atoms. The lowest BCUT2D eigenvalue weighted by Gasteiger charge is -2.17. The van der Waals surface area contributed by atoms with Crippen molar-refractivity contribution in [2.75, 3.05) is 20.0 Å². The number of fused-ring (bicyclic) bond motifs is 4. The summed E-state index contributed by atoms with van der Waals surface area (Å²) in [5.74, 6) is 6.73. The second kappa shape index (κ2) is 28.1. The van der Waals surface area contributed by atoms with Crippen molar-refractivity contribution in [1.82, 2.24) is 4.98 Å². The molecular formula is C46H65NO5S. The fourth-order valence-corrected chi connectivity index (χ4v) is 4.23. The Hall–Kier alpha value is -4.49. The van der Waals surface area contributed by atoms with Crippen LogP contribution in [-0.4, -0.2) is 25.0 Å². The highest BCUT2D eigenvalue weighted by Gasteiger charge is 2.09. The van der Waals surface area contributed by atoms with E-state index in [0.717, 1.165) is 63.2 Å². The van der Waals surface area contributed by atoms with Crippen molar-refractivity contribution in [1.29, 1.82) is 0 Å². The number of ether oxygens (including phenoxy) is 4. The second-order valence-electron chi connectivity index (χ2n) is 14.7. The van der Waals surface area contributed by atoms with Crippen molar-refractivity contribution in [2.45, 2.75) is 83.1 Å². The largest absolute Gasteiger partial charge is 0.486 e. The third kappa shape index (κ3) is 23.6. The first-order chi connectivity index (χ1) is 25.3. The van der Waals surface area contributed by atoms with Gasteiger partial charge in [0, 0.05) is 5.39 Å². The van der Waals surface area contributed by atoms with E-state index >= 15 is 0 Å². The number of hydrogen-bond donors (Lipinski definition) is 0. The van der Waals surface area contributed by atoms with Crippen LogP contribution in [0.3, 0.4) is 0 Å². The lowest BCUT2D eigenvalue weighted by atomic mass is 10.3. The number of rotatable bonds is 0. The molecule has 0 unspecified atom stereocenters. The SMILES string of the molecule is CC(C)C.CC(C)C.CC(C)C.CC(C)C.c1ccc2c(c1)OCCO2.c1ccc2c(c1)OCO2.c1ccc2occc2c1.c1ccc2scnc2c1. The molecule has 2 aromatic heterocycles. The normalized spacial score (nSPS) is 11.3. The molecule has 0 bridgehead atoms. The van der Waals surface area contributed by atoms with Crippen molar-refractivity contribution >= 4 is 32.5 Å². The quantitative estimate of drug-likeness (QED) is 0.154. The molecule has 0 saturated carbocycles. The van der Waals surface area contributed by atoms with Gasteiger partial charge in [-0.2, -0.15) is 0 Å². The van der Waals surface area contributed by atoms with E-state index in [0.29, 0.717) is 20.0 Å². The van der Waals surface area contributed by atoms with Gasteiger partial charge in [0.15, 0.2) is 23.0 Å². The molecule has 0 amide bonds. The van der Waals surface area contributed by atoms with Gasteiger partial charge in [0.1, 0.15) is 18.8 Å². The van der Waals surface area contributed by atoms with Crippen LogP contribution in [0.2, 0.25) is 0 Å². The molecular weight excluding hydrogens is 679 g/mol. The van der Waals surface area contributed by atoms with Crippen LogP contribution in [0.15, 0.2) is 119 Å². The number of thiazole rings is 1. The number of aromatic nitrogens is 1. The Kier molecular flexibility index (Phi) is 24.6. The van der Waals surface area contributed by atoms with Crippen LogP contribution < -0.4 is 18.9 Å². The Morgan fingerprint density at radius 1 is 0.472 bits per heavy atom. The van der Waals surface area contributed by atoms with Crippen LogP contribution in [0.5, 0.6) is 23.0 Å². The Morgan fingerprint density at radius 2 is 0.868 bits per heavy atom.